The summed E-state index contributed by atoms with van der Waals surface area (Å²) in [5.74, 6) is 0.941. The Morgan fingerprint density at radius 2 is 1.94 bits per heavy atom. The fourth-order valence-electron chi connectivity index (χ4n) is 2.60. The number of benzene rings is 1. The monoisotopic (exact) mass is 245 g/mol. The number of rotatable bonds is 3. The molecule has 2 rings (SSSR count). The van der Waals surface area contributed by atoms with Crippen LogP contribution in [-0.2, 0) is 17.6 Å². The van der Waals surface area contributed by atoms with Crippen LogP contribution in [0.4, 0.5) is 0 Å². The molecule has 1 aliphatic heterocycles. The molecule has 1 heterocycles. The van der Waals surface area contributed by atoms with Crippen LogP contribution in [0.15, 0.2) is 24.3 Å². The Labute approximate surface area is 110 Å². The van der Waals surface area contributed by atoms with Gasteiger partial charge in [-0.2, -0.15) is 0 Å². The van der Waals surface area contributed by atoms with Crippen LogP contribution >= 0.6 is 0 Å². The van der Waals surface area contributed by atoms with Gasteiger partial charge >= 0.3 is 0 Å². The predicted octanol–water partition coefficient (Wildman–Crippen LogP) is 3.05. The van der Waals surface area contributed by atoms with Crippen molar-refractivity contribution >= 4 is 5.91 Å². The molecule has 0 bridgehead atoms. The van der Waals surface area contributed by atoms with Crippen molar-refractivity contribution in [3.8, 4) is 0 Å². The molecular formula is C16H23NO. The fraction of sp³-hybridized carbons (Fsp3) is 0.562. The highest BCUT2D eigenvalue weighted by molar-refractivity contribution is 5.78. The molecule has 1 atom stereocenters. The maximum Gasteiger partial charge on any atom is 0.226 e. The van der Waals surface area contributed by atoms with Crippen molar-refractivity contribution in [1.29, 1.82) is 0 Å². The number of hydrogen-bond acceptors (Lipinski definition) is 1. The van der Waals surface area contributed by atoms with Gasteiger partial charge in [0.1, 0.15) is 0 Å². The summed E-state index contributed by atoms with van der Waals surface area (Å²) in [6.45, 7) is 6.26. The summed E-state index contributed by atoms with van der Waals surface area (Å²) in [7, 11) is 0. The van der Waals surface area contributed by atoms with E-state index in [0.717, 1.165) is 31.5 Å². The van der Waals surface area contributed by atoms with Crippen LogP contribution in [0.2, 0.25) is 0 Å². The van der Waals surface area contributed by atoms with Gasteiger partial charge in [0.15, 0.2) is 0 Å². The molecule has 1 aromatic rings. The summed E-state index contributed by atoms with van der Waals surface area (Å²) in [6, 6.07) is 8.43. The number of amides is 1. The summed E-state index contributed by atoms with van der Waals surface area (Å²) in [5.41, 5.74) is 2.47. The smallest absolute Gasteiger partial charge is 0.226 e. The van der Waals surface area contributed by atoms with Crippen molar-refractivity contribution in [3.63, 3.8) is 0 Å². The zero-order chi connectivity index (χ0) is 13.0. The standard InChI is InChI=1S/C16H23NO/c1-3-14-6-8-15(9-7-14)11-16(18)17-10-4-5-13(2)12-17/h6-9,13H,3-5,10-12H2,1-2H3/t13-/m0/s1. The van der Waals surface area contributed by atoms with Crippen molar-refractivity contribution in [2.45, 2.75) is 39.5 Å². The van der Waals surface area contributed by atoms with Crippen LogP contribution in [0, 0.1) is 5.92 Å². The third-order valence-corrected chi connectivity index (χ3v) is 3.80. The molecule has 0 aliphatic carbocycles. The van der Waals surface area contributed by atoms with E-state index in [1.807, 2.05) is 4.90 Å². The van der Waals surface area contributed by atoms with E-state index in [9.17, 15) is 4.79 Å². The molecule has 1 fully saturated rings. The van der Waals surface area contributed by atoms with Gasteiger partial charge < -0.3 is 4.90 Å². The molecule has 0 unspecified atom stereocenters. The van der Waals surface area contributed by atoms with Gasteiger partial charge in [0, 0.05) is 13.1 Å². The molecule has 2 heteroatoms. The van der Waals surface area contributed by atoms with Crippen LogP contribution in [0.3, 0.4) is 0 Å². The Hall–Kier alpha value is -1.31. The molecule has 0 radical (unpaired) electrons. The van der Waals surface area contributed by atoms with Crippen molar-refractivity contribution < 1.29 is 4.79 Å². The summed E-state index contributed by atoms with van der Waals surface area (Å²) in [5, 5.41) is 0. The van der Waals surface area contributed by atoms with Crippen molar-refractivity contribution in [3.05, 3.63) is 35.4 Å². The molecule has 1 aromatic carbocycles. The first kappa shape index (κ1) is 13.1. The number of hydrogen-bond donors (Lipinski definition) is 0. The molecule has 0 N–H and O–H groups in total. The minimum absolute atomic E-state index is 0.283. The molecule has 0 aromatic heterocycles. The number of carbonyl (C=O) groups is 1. The van der Waals surface area contributed by atoms with E-state index >= 15 is 0 Å². The van der Waals surface area contributed by atoms with Gasteiger partial charge in [0.05, 0.1) is 6.42 Å². The summed E-state index contributed by atoms with van der Waals surface area (Å²) in [4.78, 5) is 14.2. The maximum atomic E-state index is 12.2. The molecule has 0 spiro atoms. The predicted molar refractivity (Wildman–Crippen MR) is 74.5 cm³/mol. The van der Waals surface area contributed by atoms with E-state index in [2.05, 4.69) is 38.1 Å². The number of aryl methyl sites for hydroxylation is 1. The summed E-state index contributed by atoms with van der Waals surface area (Å²) >= 11 is 0. The molecule has 98 valence electrons. The Morgan fingerprint density at radius 3 is 2.56 bits per heavy atom. The Kier molecular flexibility index (Phi) is 4.40. The first-order valence-corrected chi connectivity index (χ1v) is 7.04. The SMILES string of the molecule is CCc1ccc(CC(=O)N2CCC[C@H](C)C2)cc1. The lowest BCUT2D eigenvalue weighted by molar-refractivity contribution is -0.132. The minimum atomic E-state index is 0.283. The molecule has 0 saturated carbocycles. The van der Waals surface area contributed by atoms with E-state index < -0.39 is 0 Å². The third kappa shape index (κ3) is 3.34. The molecule has 1 saturated heterocycles. The molecule has 1 aliphatic rings. The van der Waals surface area contributed by atoms with Gasteiger partial charge in [-0.15, -0.1) is 0 Å². The van der Waals surface area contributed by atoms with Crippen LogP contribution in [-0.4, -0.2) is 23.9 Å². The first-order chi connectivity index (χ1) is 8.69. The Bertz CT molecular complexity index is 396. The second-order valence-electron chi connectivity index (χ2n) is 5.43. The van der Waals surface area contributed by atoms with Crippen LogP contribution in [0.1, 0.15) is 37.8 Å². The average molecular weight is 245 g/mol. The molecule has 1 amide bonds. The lowest BCUT2D eigenvalue weighted by atomic mass is 9.99. The average Bonchev–Trinajstić information content (AvgIpc) is 2.39. The van der Waals surface area contributed by atoms with E-state index in [-0.39, 0.29) is 5.91 Å². The highest BCUT2D eigenvalue weighted by atomic mass is 16.2. The molecule has 2 nitrogen and oxygen atoms in total. The Balaban J connectivity index is 1.93. The number of nitrogens with zero attached hydrogens (tertiary/aromatic N) is 1. The summed E-state index contributed by atoms with van der Waals surface area (Å²) in [6.07, 6.45) is 4.02. The zero-order valence-electron chi connectivity index (χ0n) is 11.5. The van der Waals surface area contributed by atoms with Crippen molar-refractivity contribution in [2.24, 2.45) is 5.92 Å². The molecule has 18 heavy (non-hydrogen) atoms. The lowest BCUT2D eigenvalue weighted by Gasteiger charge is -2.31. The van der Waals surface area contributed by atoms with E-state index in [0.29, 0.717) is 12.3 Å². The lowest BCUT2D eigenvalue weighted by Crippen LogP contribution is -2.39. The van der Waals surface area contributed by atoms with E-state index in [1.165, 1.54) is 12.0 Å². The quantitative estimate of drug-likeness (QED) is 0.801. The maximum absolute atomic E-state index is 12.2. The number of likely N-dealkylation sites (tertiary alicyclic amines) is 1. The van der Waals surface area contributed by atoms with Crippen molar-refractivity contribution in [1.82, 2.24) is 4.90 Å². The Morgan fingerprint density at radius 1 is 1.28 bits per heavy atom. The largest absolute Gasteiger partial charge is 0.342 e. The summed E-state index contributed by atoms with van der Waals surface area (Å²) < 4.78 is 0. The van der Waals surface area contributed by atoms with Crippen LogP contribution in [0.25, 0.3) is 0 Å². The minimum Gasteiger partial charge on any atom is -0.342 e. The van der Waals surface area contributed by atoms with Gasteiger partial charge in [-0.05, 0) is 36.3 Å². The highest BCUT2D eigenvalue weighted by Crippen LogP contribution is 2.16. The second-order valence-corrected chi connectivity index (χ2v) is 5.43. The van der Waals surface area contributed by atoms with Gasteiger partial charge in [0.25, 0.3) is 0 Å². The van der Waals surface area contributed by atoms with Gasteiger partial charge in [-0.3, -0.25) is 4.79 Å². The third-order valence-electron chi connectivity index (χ3n) is 3.80. The second kappa shape index (κ2) is 6.03. The van der Waals surface area contributed by atoms with E-state index in [1.54, 1.807) is 0 Å². The first-order valence-electron chi connectivity index (χ1n) is 7.04. The molecular weight excluding hydrogens is 222 g/mol. The van der Waals surface area contributed by atoms with Gasteiger partial charge in [-0.25, -0.2) is 0 Å². The number of piperidine rings is 1. The van der Waals surface area contributed by atoms with Crippen molar-refractivity contribution in [2.75, 3.05) is 13.1 Å². The van der Waals surface area contributed by atoms with Gasteiger partial charge in [0.2, 0.25) is 5.91 Å². The number of carbonyl (C=O) groups excluding carboxylic acids is 1. The van der Waals surface area contributed by atoms with Gasteiger partial charge in [-0.1, -0.05) is 38.1 Å². The fourth-order valence-corrected chi connectivity index (χ4v) is 2.60. The zero-order valence-corrected chi connectivity index (χ0v) is 11.5. The highest BCUT2D eigenvalue weighted by Gasteiger charge is 2.20. The normalized spacial score (nSPS) is 19.9. The van der Waals surface area contributed by atoms with E-state index in [4.69, 9.17) is 0 Å². The topological polar surface area (TPSA) is 20.3 Å². The van der Waals surface area contributed by atoms with Crippen LogP contribution < -0.4 is 0 Å². The van der Waals surface area contributed by atoms with Crippen LogP contribution in [0.5, 0.6) is 0 Å².